The zero-order valence-corrected chi connectivity index (χ0v) is 12.0. The summed E-state index contributed by atoms with van der Waals surface area (Å²) in [6, 6.07) is 7.63. The molecule has 1 aliphatic carbocycles. The molecule has 0 aromatic heterocycles. The lowest BCUT2D eigenvalue weighted by atomic mass is 10.1. The first-order chi connectivity index (χ1) is 8.65. The third-order valence-electron chi connectivity index (χ3n) is 3.58. The lowest BCUT2D eigenvalue weighted by Gasteiger charge is -2.20. The summed E-state index contributed by atoms with van der Waals surface area (Å²) >= 11 is 0. The van der Waals surface area contributed by atoms with E-state index in [1.54, 1.807) is 0 Å². The summed E-state index contributed by atoms with van der Waals surface area (Å²) in [6.45, 7) is 6.67. The van der Waals surface area contributed by atoms with Crippen LogP contribution in [-0.4, -0.2) is 26.2 Å². The average Bonchev–Trinajstić information content (AvgIpc) is 3.11. The molecule has 0 saturated heterocycles. The second-order valence-corrected chi connectivity index (χ2v) is 5.70. The van der Waals surface area contributed by atoms with Gasteiger partial charge in [-0.2, -0.15) is 0 Å². The molecular formula is C16H26N2. The van der Waals surface area contributed by atoms with Gasteiger partial charge >= 0.3 is 0 Å². The first-order valence-electron chi connectivity index (χ1n) is 7.18. The molecule has 0 amide bonds. The summed E-state index contributed by atoms with van der Waals surface area (Å²) in [5.74, 6) is 0. The van der Waals surface area contributed by atoms with E-state index < -0.39 is 0 Å². The topological polar surface area (TPSA) is 15.3 Å². The van der Waals surface area contributed by atoms with Crippen LogP contribution in [-0.2, 0) is 0 Å². The van der Waals surface area contributed by atoms with Crippen LogP contribution in [0.25, 0.3) is 0 Å². The van der Waals surface area contributed by atoms with Crippen LogP contribution in [0.4, 0.5) is 5.69 Å². The largest absolute Gasteiger partial charge is 0.375 e. The van der Waals surface area contributed by atoms with Crippen molar-refractivity contribution in [3.63, 3.8) is 0 Å². The smallest absolute Gasteiger partial charge is 0.0368 e. The Morgan fingerprint density at radius 1 is 1.11 bits per heavy atom. The van der Waals surface area contributed by atoms with Crippen LogP contribution in [0.2, 0.25) is 0 Å². The van der Waals surface area contributed by atoms with Crippen molar-refractivity contribution >= 4 is 5.69 Å². The molecule has 1 fully saturated rings. The van der Waals surface area contributed by atoms with E-state index in [9.17, 15) is 0 Å². The van der Waals surface area contributed by atoms with Gasteiger partial charge in [0.25, 0.3) is 0 Å². The molecule has 1 aromatic rings. The summed E-state index contributed by atoms with van der Waals surface area (Å²) in [5, 5.41) is 3.57. The van der Waals surface area contributed by atoms with Crippen molar-refractivity contribution in [2.24, 2.45) is 0 Å². The highest BCUT2D eigenvalue weighted by Crippen LogP contribution is 2.19. The minimum Gasteiger partial charge on any atom is -0.375 e. The monoisotopic (exact) mass is 246 g/mol. The van der Waals surface area contributed by atoms with E-state index in [2.05, 4.69) is 49.3 Å². The van der Waals surface area contributed by atoms with Crippen LogP contribution >= 0.6 is 0 Å². The molecule has 0 unspecified atom stereocenters. The van der Waals surface area contributed by atoms with Gasteiger partial charge < -0.3 is 10.2 Å². The van der Waals surface area contributed by atoms with Gasteiger partial charge in [-0.25, -0.2) is 0 Å². The maximum atomic E-state index is 3.57. The minimum atomic E-state index is 0.849. The molecule has 0 spiro atoms. The standard InChI is InChI=1S/C16H26N2/c1-13-10-14(2)12-16(11-13)18(3)9-5-4-8-17-15-6-7-15/h10-12,15,17H,4-9H2,1-3H3. The summed E-state index contributed by atoms with van der Waals surface area (Å²) in [7, 11) is 2.20. The number of hydrogen-bond donors (Lipinski definition) is 1. The highest BCUT2D eigenvalue weighted by molar-refractivity contribution is 5.50. The minimum absolute atomic E-state index is 0.849. The molecule has 1 saturated carbocycles. The summed E-state index contributed by atoms with van der Waals surface area (Å²) < 4.78 is 0. The van der Waals surface area contributed by atoms with E-state index in [-0.39, 0.29) is 0 Å². The third kappa shape index (κ3) is 4.34. The Morgan fingerprint density at radius 2 is 1.78 bits per heavy atom. The van der Waals surface area contributed by atoms with Crippen molar-refractivity contribution in [3.05, 3.63) is 29.3 Å². The van der Waals surface area contributed by atoms with Crippen molar-refractivity contribution in [1.82, 2.24) is 5.32 Å². The van der Waals surface area contributed by atoms with Crippen molar-refractivity contribution in [2.75, 3.05) is 25.0 Å². The van der Waals surface area contributed by atoms with E-state index in [0.717, 1.165) is 12.6 Å². The Bertz CT molecular complexity index is 362. The van der Waals surface area contributed by atoms with Crippen molar-refractivity contribution < 1.29 is 0 Å². The fraction of sp³-hybridized carbons (Fsp3) is 0.625. The Balaban J connectivity index is 1.70. The van der Waals surface area contributed by atoms with Gasteiger partial charge in [0.15, 0.2) is 0 Å². The van der Waals surface area contributed by atoms with E-state index in [1.165, 1.54) is 49.0 Å². The van der Waals surface area contributed by atoms with Crippen LogP contribution in [0.3, 0.4) is 0 Å². The lowest BCUT2D eigenvalue weighted by Crippen LogP contribution is -2.22. The highest BCUT2D eigenvalue weighted by Gasteiger charge is 2.19. The number of nitrogens with one attached hydrogen (secondary N) is 1. The van der Waals surface area contributed by atoms with Crippen molar-refractivity contribution in [1.29, 1.82) is 0 Å². The zero-order valence-electron chi connectivity index (χ0n) is 12.0. The van der Waals surface area contributed by atoms with E-state index in [1.807, 2.05) is 0 Å². The number of anilines is 1. The van der Waals surface area contributed by atoms with Gasteiger partial charge in [0.05, 0.1) is 0 Å². The van der Waals surface area contributed by atoms with E-state index in [4.69, 9.17) is 0 Å². The van der Waals surface area contributed by atoms with Crippen molar-refractivity contribution in [2.45, 2.75) is 45.6 Å². The van der Waals surface area contributed by atoms with Crippen LogP contribution in [0, 0.1) is 13.8 Å². The molecule has 2 heteroatoms. The Kier molecular flexibility index (Phi) is 4.65. The zero-order chi connectivity index (χ0) is 13.0. The van der Waals surface area contributed by atoms with Gasteiger partial charge in [0, 0.05) is 25.3 Å². The van der Waals surface area contributed by atoms with Gasteiger partial charge in [-0.05, 0) is 69.3 Å². The molecule has 2 rings (SSSR count). The van der Waals surface area contributed by atoms with Gasteiger partial charge in [-0.3, -0.25) is 0 Å². The fourth-order valence-electron chi connectivity index (χ4n) is 2.37. The molecule has 0 aliphatic heterocycles. The second kappa shape index (κ2) is 6.24. The van der Waals surface area contributed by atoms with E-state index >= 15 is 0 Å². The molecule has 1 aromatic carbocycles. The van der Waals surface area contributed by atoms with Crippen LogP contribution in [0.1, 0.15) is 36.8 Å². The molecule has 1 aliphatic rings. The Labute approximate surface area is 111 Å². The van der Waals surface area contributed by atoms with E-state index in [0.29, 0.717) is 0 Å². The van der Waals surface area contributed by atoms with Crippen molar-refractivity contribution in [3.8, 4) is 0 Å². The summed E-state index contributed by atoms with van der Waals surface area (Å²) in [5.41, 5.74) is 4.06. The van der Waals surface area contributed by atoms with Crippen LogP contribution in [0.15, 0.2) is 18.2 Å². The molecular weight excluding hydrogens is 220 g/mol. The van der Waals surface area contributed by atoms with Crippen LogP contribution < -0.4 is 10.2 Å². The molecule has 100 valence electrons. The number of aryl methyl sites for hydroxylation is 2. The van der Waals surface area contributed by atoms with Gasteiger partial charge in [-0.1, -0.05) is 6.07 Å². The van der Waals surface area contributed by atoms with Gasteiger partial charge in [0.1, 0.15) is 0 Å². The molecule has 0 radical (unpaired) electrons. The van der Waals surface area contributed by atoms with Gasteiger partial charge in [0.2, 0.25) is 0 Å². The lowest BCUT2D eigenvalue weighted by molar-refractivity contribution is 0.618. The maximum absolute atomic E-state index is 3.57. The fourth-order valence-corrected chi connectivity index (χ4v) is 2.37. The average molecular weight is 246 g/mol. The highest BCUT2D eigenvalue weighted by atomic mass is 15.1. The second-order valence-electron chi connectivity index (χ2n) is 5.70. The first-order valence-corrected chi connectivity index (χ1v) is 7.18. The molecule has 2 nitrogen and oxygen atoms in total. The third-order valence-corrected chi connectivity index (χ3v) is 3.58. The summed E-state index contributed by atoms with van der Waals surface area (Å²) in [4.78, 5) is 2.37. The normalized spacial score (nSPS) is 14.8. The van der Waals surface area contributed by atoms with Crippen LogP contribution in [0.5, 0.6) is 0 Å². The van der Waals surface area contributed by atoms with Gasteiger partial charge in [-0.15, -0.1) is 0 Å². The molecule has 0 atom stereocenters. The maximum Gasteiger partial charge on any atom is 0.0368 e. The SMILES string of the molecule is Cc1cc(C)cc(N(C)CCCCNC2CC2)c1. The molecule has 18 heavy (non-hydrogen) atoms. The number of hydrogen-bond acceptors (Lipinski definition) is 2. The summed E-state index contributed by atoms with van der Waals surface area (Å²) in [6.07, 6.45) is 5.33. The Hall–Kier alpha value is -1.02. The predicted molar refractivity (Wildman–Crippen MR) is 79.4 cm³/mol. The number of nitrogens with zero attached hydrogens (tertiary/aromatic N) is 1. The predicted octanol–water partition coefficient (Wildman–Crippen LogP) is 3.27. The number of unbranched alkanes of at least 4 members (excludes halogenated alkanes) is 1. The molecule has 0 bridgehead atoms. The first kappa shape index (κ1) is 13.4. The number of benzene rings is 1. The molecule has 1 N–H and O–H groups in total. The number of rotatable bonds is 7. The Morgan fingerprint density at radius 3 is 2.39 bits per heavy atom. The molecule has 0 heterocycles. The quantitative estimate of drug-likeness (QED) is 0.743.